The van der Waals surface area contributed by atoms with Crippen molar-refractivity contribution in [3.63, 3.8) is 0 Å². The number of cyclic esters (lactones) is 1. The summed E-state index contributed by atoms with van der Waals surface area (Å²) in [6.07, 6.45) is 5.68. The third-order valence-electron chi connectivity index (χ3n) is 8.26. The van der Waals surface area contributed by atoms with Crippen LogP contribution in [0, 0.1) is 5.92 Å². The molecule has 0 bridgehead atoms. The molecule has 0 spiro atoms. The van der Waals surface area contributed by atoms with Crippen LogP contribution in [0.25, 0.3) is 0 Å². The van der Waals surface area contributed by atoms with Gasteiger partial charge in [0.2, 0.25) is 5.95 Å². The van der Waals surface area contributed by atoms with E-state index in [1.54, 1.807) is 17.2 Å². The molecule has 1 aromatic carbocycles. The molecule has 2 saturated heterocycles. The number of amides is 1. The van der Waals surface area contributed by atoms with Crippen molar-refractivity contribution in [3.05, 3.63) is 47.7 Å². The summed E-state index contributed by atoms with van der Waals surface area (Å²) < 4.78 is 5.41. The van der Waals surface area contributed by atoms with Crippen molar-refractivity contribution in [1.29, 1.82) is 0 Å². The number of ether oxygens (including phenoxy) is 1. The quantitative estimate of drug-likeness (QED) is 0.598. The standard InChI is InChI=1S/C27H38N6O2/c1-18(20-5-7-21(8-6-20)19(2)32-15-12-26(3,28)13-16-32)30-24-29-14-11-23(31-24)33-25(34)35-17-27(33,4)22-9-10-22/h5-8,11,14,18-19,22H,9-10,12-13,15-17,28H2,1-4H3,(H,29,30,31)/t18-,19?,27+/m0/s1. The number of anilines is 2. The van der Waals surface area contributed by atoms with Gasteiger partial charge in [0.25, 0.3) is 0 Å². The van der Waals surface area contributed by atoms with E-state index >= 15 is 0 Å². The largest absolute Gasteiger partial charge is 0.447 e. The van der Waals surface area contributed by atoms with Gasteiger partial charge in [-0.15, -0.1) is 0 Å². The summed E-state index contributed by atoms with van der Waals surface area (Å²) >= 11 is 0. The molecule has 8 heteroatoms. The molecule has 3 fully saturated rings. The van der Waals surface area contributed by atoms with E-state index < -0.39 is 0 Å². The summed E-state index contributed by atoms with van der Waals surface area (Å²) in [5, 5.41) is 3.40. The van der Waals surface area contributed by atoms with Gasteiger partial charge in [-0.3, -0.25) is 9.80 Å². The maximum atomic E-state index is 12.5. The van der Waals surface area contributed by atoms with Crippen molar-refractivity contribution in [2.24, 2.45) is 11.7 Å². The molecule has 1 aromatic heterocycles. The number of carbonyl (C=O) groups excluding carboxylic acids is 1. The SMILES string of the molecule is CC(c1ccc([C@H](C)Nc2nccc(N3C(=O)OC[C@]3(C)C3CC3)n2)cc1)N1CCC(C)(N)CC1. The van der Waals surface area contributed by atoms with E-state index in [0.717, 1.165) is 44.3 Å². The Hall–Kier alpha value is -2.71. The topological polar surface area (TPSA) is 96.6 Å². The fraction of sp³-hybridized carbons (Fsp3) is 0.593. The van der Waals surface area contributed by atoms with Gasteiger partial charge in [0.05, 0.1) is 11.6 Å². The summed E-state index contributed by atoms with van der Waals surface area (Å²) in [5.74, 6) is 1.55. The van der Waals surface area contributed by atoms with Crippen molar-refractivity contribution in [2.75, 3.05) is 29.9 Å². The summed E-state index contributed by atoms with van der Waals surface area (Å²) in [7, 11) is 0. The number of nitrogens with two attached hydrogens (primary N) is 1. The minimum Gasteiger partial charge on any atom is -0.447 e. The average Bonchev–Trinajstić information content (AvgIpc) is 3.65. The fourth-order valence-corrected chi connectivity index (χ4v) is 5.42. The van der Waals surface area contributed by atoms with E-state index in [9.17, 15) is 4.79 Å². The molecule has 3 atom stereocenters. The van der Waals surface area contributed by atoms with Gasteiger partial charge in [0, 0.05) is 30.9 Å². The number of rotatable bonds is 7. The van der Waals surface area contributed by atoms with Crippen LogP contribution in [0.4, 0.5) is 16.6 Å². The highest BCUT2D eigenvalue weighted by Crippen LogP contribution is 2.47. The third kappa shape index (κ3) is 4.86. The van der Waals surface area contributed by atoms with Gasteiger partial charge >= 0.3 is 6.09 Å². The molecule has 3 heterocycles. The van der Waals surface area contributed by atoms with Gasteiger partial charge in [-0.2, -0.15) is 4.98 Å². The van der Waals surface area contributed by atoms with Crippen molar-refractivity contribution in [3.8, 4) is 0 Å². The van der Waals surface area contributed by atoms with Crippen LogP contribution in [-0.2, 0) is 4.74 Å². The van der Waals surface area contributed by atoms with E-state index in [-0.39, 0.29) is 23.2 Å². The first-order chi connectivity index (χ1) is 16.7. The Balaban J connectivity index is 1.25. The molecule has 1 aliphatic carbocycles. The highest BCUT2D eigenvalue weighted by atomic mass is 16.6. The molecule has 1 saturated carbocycles. The second-order valence-electron chi connectivity index (χ2n) is 11.2. The number of nitrogens with one attached hydrogen (secondary N) is 1. The number of hydrogen-bond acceptors (Lipinski definition) is 7. The smallest absolute Gasteiger partial charge is 0.416 e. The lowest BCUT2D eigenvalue weighted by Crippen LogP contribution is -2.48. The molecule has 2 aliphatic heterocycles. The van der Waals surface area contributed by atoms with Gasteiger partial charge < -0.3 is 15.8 Å². The van der Waals surface area contributed by atoms with Crippen molar-refractivity contribution < 1.29 is 9.53 Å². The first-order valence-electron chi connectivity index (χ1n) is 12.9. The molecule has 188 valence electrons. The van der Waals surface area contributed by atoms with Gasteiger partial charge in [-0.25, -0.2) is 9.78 Å². The Morgan fingerprint density at radius 3 is 2.40 bits per heavy atom. The number of hydrogen-bond donors (Lipinski definition) is 2. The average molecular weight is 479 g/mol. The normalized spacial score (nSPS) is 26.3. The summed E-state index contributed by atoms with van der Waals surface area (Å²) in [4.78, 5) is 25.8. The lowest BCUT2D eigenvalue weighted by Gasteiger charge is -2.40. The zero-order valence-corrected chi connectivity index (χ0v) is 21.3. The van der Waals surface area contributed by atoms with Gasteiger partial charge in [0.15, 0.2) is 0 Å². The van der Waals surface area contributed by atoms with Gasteiger partial charge in [-0.05, 0) is 76.5 Å². The van der Waals surface area contributed by atoms with Crippen LogP contribution in [-0.4, -0.2) is 51.7 Å². The van der Waals surface area contributed by atoms with Crippen LogP contribution in [0.2, 0.25) is 0 Å². The van der Waals surface area contributed by atoms with E-state index in [2.05, 4.69) is 72.1 Å². The molecule has 8 nitrogen and oxygen atoms in total. The Kier molecular flexibility index (Phi) is 6.21. The highest BCUT2D eigenvalue weighted by Gasteiger charge is 2.54. The first-order valence-corrected chi connectivity index (χ1v) is 12.9. The maximum Gasteiger partial charge on any atom is 0.416 e. The molecule has 5 rings (SSSR count). The minimum atomic E-state index is -0.335. The predicted molar refractivity (Wildman–Crippen MR) is 137 cm³/mol. The van der Waals surface area contributed by atoms with E-state index in [0.29, 0.717) is 30.3 Å². The number of likely N-dealkylation sites (tertiary alicyclic amines) is 1. The summed E-state index contributed by atoms with van der Waals surface area (Å²) in [6.45, 7) is 11.1. The number of benzene rings is 1. The molecular formula is C27H38N6O2. The number of piperidine rings is 1. The molecule has 3 N–H and O–H groups in total. The maximum absolute atomic E-state index is 12.5. The van der Waals surface area contributed by atoms with Crippen molar-refractivity contribution >= 4 is 17.9 Å². The Morgan fingerprint density at radius 1 is 1.09 bits per heavy atom. The van der Waals surface area contributed by atoms with Crippen LogP contribution in [0.1, 0.15) is 76.6 Å². The molecule has 2 aromatic rings. The molecule has 1 amide bonds. The predicted octanol–water partition coefficient (Wildman–Crippen LogP) is 4.65. The minimum absolute atomic E-state index is 0.0166. The van der Waals surface area contributed by atoms with Crippen molar-refractivity contribution in [2.45, 2.75) is 76.5 Å². The van der Waals surface area contributed by atoms with Crippen LogP contribution < -0.4 is 16.0 Å². The van der Waals surface area contributed by atoms with Crippen LogP contribution in [0.3, 0.4) is 0 Å². The highest BCUT2D eigenvalue weighted by molar-refractivity contribution is 5.90. The second kappa shape index (κ2) is 9.06. The van der Waals surface area contributed by atoms with Crippen molar-refractivity contribution in [1.82, 2.24) is 14.9 Å². The number of nitrogens with zero attached hydrogens (tertiary/aromatic N) is 4. The molecule has 0 radical (unpaired) electrons. The Bertz CT molecular complexity index is 1060. The van der Waals surface area contributed by atoms with Gasteiger partial charge in [0.1, 0.15) is 12.4 Å². The van der Waals surface area contributed by atoms with Gasteiger partial charge in [-0.1, -0.05) is 24.3 Å². The Morgan fingerprint density at radius 2 is 1.74 bits per heavy atom. The number of carbonyl (C=O) groups is 1. The first kappa shape index (κ1) is 24.0. The summed E-state index contributed by atoms with van der Waals surface area (Å²) in [6, 6.07) is 10.9. The van der Waals surface area contributed by atoms with Crippen LogP contribution >= 0.6 is 0 Å². The lowest BCUT2D eigenvalue weighted by molar-refractivity contribution is 0.132. The lowest BCUT2D eigenvalue weighted by atomic mass is 9.89. The Labute approximate surface area is 208 Å². The van der Waals surface area contributed by atoms with E-state index in [1.165, 1.54) is 5.56 Å². The zero-order chi connectivity index (χ0) is 24.8. The van der Waals surface area contributed by atoms with Crippen LogP contribution in [0.15, 0.2) is 36.5 Å². The molecule has 35 heavy (non-hydrogen) atoms. The van der Waals surface area contributed by atoms with E-state index in [4.69, 9.17) is 10.5 Å². The third-order valence-corrected chi connectivity index (χ3v) is 8.26. The van der Waals surface area contributed by atoms with Crippen LogP contribution in [0.5, 0.6) is 0 Å². The molecule has 1 unspecified atom stereocenters. The monoisotopic (exact) mass is 478 g/mol. The fourth-order valence-electron chi connectivity index (χ4n) is 5.42. The zero-order valence-electron chi connectivity index (χ0n) is 21.3. The van der Waals surface area contributed by atoms with E-state index in [1.807, 2.05) is 0 Å². The summed E-state index contributed by atoms with van der Waals surface area (Å²) in [5.41, 5.74) is 8.41. The molecule has 3 aliphatic rings. The molecular weight excluding hydrogens is 440 g/mol. The number of aromatic nitrogens is 2. The second-order valence-corrected chi connectivity index (χ2v) is 11.2.